The number of anilines is 1. The van der Waals surface area contributed by atoms with Gasteiger partial charge in [-0.1, -0.05) is 0 Å². The SMILES string of the molecule is CN1C(=O)NCC1C(=O)Nc1cc(Oc2ccc(C(F)(F)F)cn2)cc2c1OCO2. The van der Waals surface area contributed by atoms with E-state index >= 15 is 0 Å². The molecule has 3 heterocycles. The highest BCUT2D eigenvalue weighted by Crippen LogP contribution is 2.43. The second kappa shape index (κ2) is 7.28. The summed E-state index contributed by atoms with van der Waals surface area (Å²) in [6.45, 7) is 0.0654. The zero-order valence-corrected chi connectivity index (χ0v) is 15.4. The molecule has 0 bridgehead atoms. The maximum absolute atomic E-state index is 12.7. The first-order valence-corrected chi connectivity index (χ1v) is 8.68. The first kappa shape index (κ1) is 19.6. The summed E-state index contributed by atoms with van der Waals surface area (Å²) in [5.41, 5.74) is -0.679. The molecule has 1 saturated heterocycles. The minimum atomic E-state index is -4.51. The minimum absolute atomic E-state index is 0.0792. The Morgan fingerprint density at radius 2 is 2.13 bits per heavy atom. The van der Waals surface area contributed by atoms with Crippen LogP contribution in [0.5, 0.6) is 23.1 Å². The van der Waals surface area contributed by atoms with Gasteiger partial charge in [-0.15, -0.1) is 0 Å². The normalized spacial score (nSPS) is 17.7. The molecule has 2 aromatic rings. The van der Waals surface area contributed by atoms with Gasteiger partial charge in [-0.3, -0.25) is 4.79 Å². The van der Waals surface area contributed by atoms with Crippen LogP contribution in [0.2, 0.25) is 0 Å². The van der Waals surface area contributed by atoms with E-state index in [0.29, 0.717) is 6.20 Å². The second-order valence-electron chi connectivity index (χ2n) is 6.49. The predicted molar refractivity (Wildman–Crippen MR) is 95.5 cm³/mol. The molecule has 0 saturated carbocycles. The van der Waals surface area contributed by atoms with Crippen molar-refractivity contribution in [2.45, 2.75) is 12.2 Å². The highest BCUT2D eigenvalue weighted by Gasteiger charge is 2.34. The van der Waals surface area contributed by atoms with E-state index in [4.69, 9.17) is 14.2 Å². The summed E-state index contributed by atoms with van der Waals surface area (Å²) in [6.07, 6.45) is -3.85. The molecule has 1 aromatic carbocycles. The van der Waals surface area contributed by atoms with E-state index < -0.39 is 23.7 Å². The molecule has 2 N–H and O–H groups in total. The number of fused-ring (bicyclic) bond motifs is 1. The van der Waals surface area contributed by atoms with Crippen LogP contribution in [0.1, 0.15) is 5.56 Å². The lowest BCUT2D eigenvalue weighted by Gasteiger charge is -2.18. The van der Waals surface area contributed by atoms with Crippen LogP contribution in [0.4, 0.5) is 23.7 Å². The molecule has 4 rings (SSSR count). The number of alkyl halides is 3. The molecule has 1 unspecified atom stereocenters. The van der Waals surface area contributed by atoms with E-state index in [1.165, 1.54) is 24.1 Å². The molecule has 1 aromatic heterocycles. The summed E-state index contributed by atoms with van der Waals surface area (Å²) in [5.74, 6) is 0.179. The number of urea groups is 1. The van der Waals surface area contributed by atoms with Crippen molar-refractivity contribution in [1.29, 1.82) is 0 Å². The average molecular weight is 424 g/mol. The molecular formula is C18H15F3N4O5. The third-order valence-electron chi connectivity index (χ3n) is 4.53. The molecule has 3 amide bonds. The monoisotopic (exact) mass is 424 g/mol. The zero-order chi connectivity index (χ0) is 21.5. The van der Waals surface area contributed by atoms with Crippen molar-refractivity contribution in [2.24, 2.45) is 0 Å². The number of likely N-dealkylation sites (N-methyl/N-ethyl adjacent to an activating group) is 1. The minimum Gasteiger partial charge on any atom is -0.453 e. The van der Waals surface area contributed by atoms with Crippen molar-refractivity contribution in [3.05, 3.63) is 36.0 Å². The largest absolute Gasteiger partial charge is 0.453 e. The lowest BCUT2D eigenvalue weighted by molar-refractivity contribution is -0.137. The van der Waals surface area contributed by atoms with Crippen LogP contribution < -0.4 is 24.8 Å². The third-order valence-corrected chi connectivity index (χ3v) is 4.53. The highest BCUT2D eigenvalue weighted by molar-refractivity contribution is 6.00. The summed E-state index contributed by atoms with van der Waals surface area (Å²) in [5, 5.41) is 5.22. The van der Waals surface area contributed by atoms with Gasteiger partial charge in [0, 0.05) is 38.0 Å². The Morgan fingerprint density at radius 1 is 1.33 bits per heavy atom. The van der Waals surface area contributed by atoms with Crippen LogP contribution in [0.3, 0.4) is 0 Å². The molecule has 12 heteroatoms. The molecule has 1 fully saturated rings. The van der Waals surface area contributed by atoms with Crippen molar-refractivity contribution < 1.29 is 37.0 Å². The van der Waals surface area contributed by atoms with Gasteiger partial charge in [-0.2, -0.15) is 13.2 Å². The fourth-order valence-corrected chi connectivity index (χ4v) is 2.94. The number of nitrogens with one attached hydrogen (secondary N) is 2. The van der Waals surface area contributed by atoms with Crippen LogP contribution in [0, 0.1) is 0 Å². The molecule has 0 radical (unpaired) electrons. The van der Waals surface area contributed by atoms with Gasteiger partial charge in [0.05, 0.1) is 11.3 Å². The third kappa shape index (κ3) is 3.75. The standard InChI is InChI=1S/C18H15F3N4O5/c1-25-12(7-23-17(25)27)16(26)24-11-4-10(5-13-15(11)29-8-28-13)30-14-3-2-9(6-22-14)18(19,20)21/h2-6,12H,7-8H2,1H3,(H,23,27)(H,24,26). The van der Waals surface area contributed by atoms with E-state index in [1.807, 2.05) is 0 Å². The number of halogens is 3. The molecule has 2 aliphatic heterocycles. The molecule has 30 heavy (non-hydrogen) atoms. The zero-order valence-electron chi connectivity index (χ0n) is 15.4. The smallest absolute Gasteiger partial charge is 0.417 e. The molecule has 2 aliphatic rings. The van der Waals surface area contributed by atoms with Crippen molar-refractivity contribution >= 4 is 17.6 Å². The van der Waals surface area contributed by atoms with Gasteiger partial charge in [-0.05, 0) is 6.07 Å². The second-order valence-corrected chi connectivity index (χ2v) is 6.49. The molecule has 0 spiro atoms. The van der Waals surface area contributed by atoms with E-state index in [1.54, 1.807) is 0 Å². The van der Waals surface area contributed by atoms with Gasteiger partial charge in [0.25, 0.3) is 0 Å². The highest BCUT2D eigenvalue weighted by atomic mass is 19.4. The van der Waals surface area contributed by atoms with Crippen LogP contribution in [0.25, 0.3) is 0 Å². The van der Waals surface area contributed by atoms with Crippen molar-refractivity contribution in [1.82, 2.24) is 15.2 Å². The van der Waals surface area contributed by atoms with Crippen molar-refractivity contribution in [3.63, 3.8) is 0 Å². The predicted octanol–water partition coefficient (Wildman–Crippen LogP) is 2.58. The van der Waals surface area contributed by atoms with Gasteiger partial charge < -0.3 is 29.7 Å². The van der Waals surface area contributed by atoms with Crippen LogP contribution in [-0.2, 0) is 11.0 Å². The maximum atomic E-state index is 12.7. The number of nitrogens with zero attached hydrogens (tertiary/aromatic N) is 2. The Bertz CT molecular complexity index is 997. The van der Waals surface area contributed by atoms with E-state index in [0.717, 1.165) is 12.1 Å². The number of pyridine rings is 1. The summed E-state index contributed by atoms with van der Waals surface area (Å²) in [4.78, 5) is 29.1. The van der Waals surface area contributed by atoms with Crippen molar-refractivity contribution in [3.8, 4) is 23.1 Å². The number of ether oxygens (including phenoxy) is 3. The Balaban J connectivity index is 1.56. The van der Waals surface area contributed by atoms with Crippen LogP contribution in [-0.4, -0.2) is 48.2 Å². The van der Waals surface area contributed by atoms with Crippen LogP contribution >= 0.6 is 0 Å². The number of carbonyl (C=O) groups excluding carboxylic acids is 2. The molecule has 158 valence electrons. The first-order chi connectivity index (χ1) is 14.2. The summed E-state index contributed by atoms with van der Waals surface area (Å²) >= 11 is 0. The molecule has 1 atom stereocenters. The molecule has 9 nitrogen and oxygen atoms in total. The number of carbonyl (C=O) groups is 2. The Morgan fingerprint density at radius 3 is 2.77 bits per heavy atom. The quantitative estimate of drug-likeness (QED) is 0.783. The van der Waals surface area contributed by atoms with Gasteiger partial charge in [0.15, 0.2) is 11.5 Å². The Hall–Kier alpha value is -3.70. The number of amides is 3. The number of aromatic nitrogens is 1. The Kier molecular flexibility index (Phi) is 4.76. The number of hydrogen-bond donors (Lipinski definition) is 2. The van der Waals surface area contributed by atoms with E-state index in [-0.39, 0.29) is 48.2 Å². The summed E-state index contributed by atoms with van der Waals surface area (Å²) in [7, 11) is 1.49. The molecular weight excluding hydrogens is 409 g/mol. The van der Waals surface area contributed by atoms with E-state index in [9.17, 15) is 22.8 Å². The fourth-order valence-electron chi connectivity index (χ4n) is 2.94. The van der Waals surface area contributed by atoms with Crippen LogP contribution in [0.15, 0.2) is 30.5 Å². The number of benzene rings is 1. The van der Waals surface area contributed by atoms with Crippen molar-refractivity contribution in [2.75, 3.05) is 25.7 Å². The lowest BCUT2D eigenvalue weighted by Crippen LogP contribution is -2.40. The average Bonchev–Trinajstić information content (AvgIpc) is 3.28. The van der Waals surface area contributed by atoms with Gasteiger partial charge in [-0.25, -0.2) is 9.78 Å². The van der Waals surface area contributed by atoms with E-state index in [2.05, 4.69) is 15.6 Å². The number of rotatable bonds is 4. The first-order valence-electron chi connectivity index (χ1n) is 8.68. The number of hydrogen-bond acceptors (Lipinski definition) is 6. The molecule has 0 aliphatic carbocycles. The summed E-state index contributed by atoms with van der Waals surface area (Å²) in [6, 6.07) is 3.72. The van der Waals surface area contributed by atoms with Gasteiger partial charge in [0.2, 0.25) is 18.6 Å². The summed E-state index contributed by atoms with van der Waals surface area (Å²) < 4.78 is 54.2. The van der Waals surface area contributed by atoms with Gasteiger partial charge in [0.1, 0.15) is 11.8 Å². The maximum Gasteiger partial charge on any atom is 0.417 e. The van der Waals surface area contributed by atoms with Gasteiger partial charge >= 0.3 is 12.2 Å². The topological polar surface area (TPSA) is 102 Å². The fraction of sp³-hybridized carbons (Fsp3) is 0.278. The Labute approximate surface area is 167 Å². The lowest BCUT2D eigenvalue weighted by atomic mass is 10.2.